The minimum atomic E-state index is 0.632. The molecule has 0 aromatic heterocycles. The van der Waals surface area contributed by atoms with Crippen LogP contribution in [0.4, 0.5) is 0 Å². The zero-order valence-corrected chi connectivity index (χ0v) is 9.14. The normalized spacial score (nSPS) is 10.8. The van der Waals surface area contributed by atoms with Gasteiger partial charge in [0.15, 0.2) is 0 Å². The van der Waals surface area contributed by atoms with Crippen molar-refractivity contribution in [3.63, 3.8) is 0 Å². The molecule has 1 N–H and O–H groups in total. The summed E-state index contributed by atoms with van der Waals surface area (Å²) >= 11 is 0. The Balaban J connectivity index is 3.52. The van der Waals surface area contributed by atoms with Crippen molar-refractivity contribution in [1.82, 2.24) is 10.2 Å². The standard InChI is InChI=1S/C11H22N2/c1-5-7-12-8-10-13(9-6-2)11(3)4/h1,11-12H,6-10H2,2-4H3. The predicted molar refractivity (Wildman–Crippen MR) is 58.7 cm³/mol. The molecule has 0 aromatic carbocycles. The summed E-state index contributed by atoms with van der Waals surface area (Å²) in [4.78, 5) is 2.46. The summed E-state index contributed by atoms with van der Waals surface area (Å²) in [5, 5.41) is 3.20. The first-order valence-corrected chi connectivity index (χ1v) is 5.10. The van der Waals surface area contributed by atoms with Crippen LogP contribution in [0, 0.1) is 12.3 Å². The molecule has 13 heavy (non-hydrogen) atoms. The molecule has 76 valence electrons. The Morgan fingerprint density at radius 3 is 2.54 bits per heavy atom. The molecule has 0 rings (SSSR count). The van der Waals surface area contributed by atoms with Gasteiger partial charge in [0.05, 0.1) is 6.54 Å². The van der Waals surface area contributed by atoms with Gasteiger partial charge in [-0.3, -0.25) is 4.90 Å². The molecule has 0 aromatic rings. The number of hydrogen-bond donors (Lipinski definition) is 1. The number of hydrogen-bond acceptors (Lipinski definition) is 2. The lowest BCUT2D eigenvalue weighted by atomic mass is 10.3. The lowest BCUT2D eigenvalue weighted by Crippen LogP contribution is -2.37. The molecule has 0 bridgehead atoms. The van der Waals surface area contributed by atoms with Gasteiger partial charge in [0.1, 0.15) is 0 Å². The van der Waals surface area contributed by atoms with Crippen molar-refractivity contribution < 1.29 is 0 Å². The van der Waals surface area contributed by atoms with E-state index in [1.165, 1.54) is 13.0 Å². The lowest BCUT2D eigenvalue weighted by molar-refractivity contribution is 0.223. The van der Waals surface area contributed by atoms with Crippen molar-refractivity contribution in [2.24, 2.45) is 0 Å². The largest absolute Gasteiger partial charge is 0.305 e. The van der Waals surface area contributed by atoms with E-state index in [0.717, 1.165) is 13.1 Å². The van der Waals surface area contributed by atoms with Gasteiger partial charge in [0.2, 0.25) is 0 Å². The van der Waals surface area contributed by atoms with Crippen LogP contribution in [0.1, 0.15) is 27.2 Å². The average molecular weight is 182 g/mol. The zero-order chi connectivity index (χ0) is 10.1. The summed E-state index contributed by atoms with van der Waals surface area (Å²) in [5.74, 6) is 2.57. The van der Waals surface area contributed by atoms with Crippen LogP contribution >= 0.6 is 0 Å². The number of nitrogens with zero attached hydrogens (tertiary/aromatic N) is 1. The molecular formula is C11H22N2. The van der Waals surface area contributed by atoms with Gasteiger partial charge in [-0.1, -0.05) is 12.8 Å². The molecule has 0 aliphatic carbocycles. The third-order valence-corrected chi connectivity index (χ3v) is 2.04. The van der Waals surface area contributed by atoms with Crippen LogP contribution in [-0.2, 0) is 0 Å². The molecule has 0 amide bonds. The number of rotatable bonds is 7. The van der Waals surface area contributed by atoms with Crippen LogP contribution in [0.5, 0.6) is 0 Å². The maximum atomic E-state index is 5.14. The average Bonchev–Trinajstić information content (AvgIpc) is 2.10. The van der Waals surface area contributed by atoms with Gasteiger partial charge in [-0.2, -0.15) is 0 Å². The summed E-state index contributed by atoms with van der Waals surface area (Å²) in [5.41, 5.74) is 0. The third-order valence-electron chi connectivity index (χ3n) is 2.04. The first-order valence-electron chi connectivity index (χ1n) is 5.10. The molecule has 0 unspecified atom stereocenters. The van der Waals surface area contributed by atoms with Crippen molar-refractivity contribution in [1.29, 1.82) is 0 Å². The van der Waals surface area contributed by atoms with Crippen LogP contribution in [0.2, 0.25) is 0 Å². The Bertz CT molecular complexity index is 147. The first kappa shape index (κ1) is 12.5. The molecule has 0 radical (unpaired) electrons. The van der Waals surface area contributed by atoms with E-state index >= 15 is 0 Å². The van der Waals surface area contributed by atoms with E-state index in [1.54, 1.807) is 0 Å². The molecule has 0 saturated carbocycles. The minimum absolute atomic E-state index is 0.632. The highest BCUT2D eigenvalue weighted by Crippen LogP contribution is 1.97. The van der Waals surface area contributed by atoms with Gasteiger partial charge in [-0.25, -0.2) is 0 Å². The quantitative estimate of drug-likeness (QED) is 0.472. The molecule has 0 fully saturated rings. The van der Waals surface area contributed by atoms with E-state index in [-0.39, 0.29) is 0 Å². The maximum absolute atomic E-state index is 5.14. The smallest absolute Gasteiger partial charge is 0.0574 e. The Hall–Kier alpha value is -0.520. The summed E-state index contributed by atoms with van der Waals surface area (Å²) < 4.78 is 0. The highest BCUT2D eigenvalue weighted by atomic mass is 15.2. The molecule has 2 heteroatoms. The SMILES string of the molecule is C#CCNCCN(CCC)C(C)C. The molecule has 2 nitrogen and oxygen atoms in total. The van der Waals surface area contributed by atoms with E-state index in [2.05, 4.69) is 36.9 Å². The molecule has 0 saturated heterocycles. The minimum Gasteiger partial charge on any atom is -0.305 e. The molecule has 0 atom stereocenters. The predicted octanol–water partition coefficient (Wildman–Crippen LogP) is 1.33. The van der Waals surface area contributed by atoms with Crippen LogP contribution < -0.4 is 5.32 Å². The van der Waals surface area contributed by atoms with E-state index in [9.17, 15) is 0 Å². The second-order valence-electron chi connectivity index (χ2n) is 3.51. The summed E-state index contributed by atoms with van der Waals surface area (Å²) in [6.07, 6.45) is 6.35. The van der Waals surface area contributed by atoms with Gasteiger partial charge >= 0.3 is 0 Å². The van der Waals surface area contributed by atoms with E-state index in [0.29, 0.717) is 12.6 Å². The van der Waals surface area contributed by atoms with Crippen LogP contribution in [0.25, 0.3) is 0 Å². The van der Waals surface area contributed by atoms with Crippen LogP contribution in [-0.4, -0.2) is 37.1 Å². The summed E-state index contributed by atoms with van der Waals surface area (Å²) in [7, 11) is 0. The molecular weight excluding hydrogens is 160 g/mol. The van der Waals surface area contributed by atoms with Gasteiger partial charge in [-0.05, 0) is 26.8 Å². The maximum Gasteiger partial charge on any atom is 0.0574 e. The fourth-order valence-corrected chi connectivity index (χ4v) is 1.30. The summed E-state index contributed by atoms with van der Waals surface area (Å²) in [6, 6.07) is 0.632. The fraction of sp³-hybridized carbons (Fsp3) is 0.818. The first-order chi connectivity index (χ1) is 6.22. The Morgan fingerprint density at radius 1 is 1.38 bits per heavy atom. The highest BCUT2D eigenvalue weighted by molar-refractivity contribution is 4.86. The van der Waals surface area contributed by atoms with Crippen molar-refractivity contribution in [3.05, 3.63) is 0 Å². The van der Waals surface area contributed by atoms with Crippen molar-refractivity contribution >= 4 is 0 Å². The van der Waals surface area contributed by atoms with E-state index in [4.69, 9.17) is 6.42 Å². The van der Waals surface area contributed by atoms with Crippen LogP contribution in [0.15, 0.2) is 0 Å². The Labute approximate surface area is 82.7 Å². The molecule has 0 heterocycles. The van der Waals surface area contributed by atoms with E-state index < -0.39 is 0 Å². The van der Waals surface area contributed by atoms with Gasteiger partial charge < -0.3 is 5.32 Å². The van der Waals surface area contributed by atoms with Crippen molar-refractivity contribution in [2.75, 3.05) is 26.2 Å². The zero-order valence-electron chi connectivity index (χ0n) is 9.14. The molecule has 0 aliphatic heterocycles. The van der Waals surface area contributed by atoms with Gasteiger partial charge in [0.25, 0.3) is 0 Å². The monoisotopic (exact) mass is 182 g/mol. The number of terminal acetylenes is 1. The van der Waals surface area contributed by atoms with Crippen molar-refractivity contribution in [2.45, 2.75) is 33.2 Å². The topological polar surface area (TPSA) is 15.3 Å². The Kier molecular flexibility index (Phi) is 7.77. The lowest BCUT2D eigenvalue weighted by Gasteiger charge is -2.25. The second kappa shape index (κ2) is 8.10. The Morgan fingerprint density at radius 2 is 2.08 bits per heavy atom. The molecule has 0 aliphatic rings. The third kappa shape index (κ3) is 6.62. The van der Waals surface area contributed by atoms with Gasteiger partial charge in [0, 0.05) is 19.1 Å². The van der Waals surface area contributed by atoms with E-state index in [1.807, 2.05) is 0 Å². The van der Waals surface area contributed by atoms with Crippen molar-refractivity contribution in [3.8, 4) is 12.3 Å². The fourth-order valence-electron chi connectivity index (χ4n) is 1.30. The number of nitrogens with one attached hydrogen (secondary N) is 1. The van der Waals surface area contributed by atoms with Crippen LogP contribution in [0.3, 0.4) is 0 Å². The highest BCUT2D eigenvalue weighted by Gasteiger charge is 2.06. The molecule has 0 spiro atoms. The summed E-state index contributed by atoms with van der Waals surface area (Å²) in [6.45, 7) is 10.6. The van der Waals surface area contributed by atoms with Gasteiger partial charge in [-0.15, -0.1) is 6.42 Å². The second-order valence-corrected chi connectivity index (χ2v) is 3.51.